The number of rotatable bonds is 1. The average molecular weight is 127 g/mol. The molecule has 1 rings (SSSR count). The van der Waals surface area contributed by atoms with Crippen LogP contribution in [0.15, 0.2) is 0 Å². The molecular weight excluding hydrogens is 110 g/mol. The van der Waals surface area contributed by atoms with Crippen LogP contribution in [0.25, 0.3) is 0 Å². The van der Waals surface area contributed by atoms with Gasteiger partial charge in [-0.1, -0.05) is 26.2 Å². The van der Waals surface area contributed by atoms with Crippen molar-refractivity contribution in [2.75, 3.05) is 0 Å². The number of nitrogens with two attached hydrogens (primary N) is 1. The quantitative estimate of drug-likeness (QED) is 0.572. The fourth-order valence-electron chi connectivity index (χ4n) is 1.70. The molecule has 0 aromatic carbocycles. The van der Waals surface area contributed by atoms with Crippen LogP contribution in [0, 0.1) is 5.92 Å². The lowest BCUT2D eigenvalue weighted by atomic mass is 9.85. The molecule has 0 aromatic heterocycles. The van der Waals surface area contributed by atoms with Crippen molar-refractivity contribution in [2.45, 2.75) is 45.1 Å². The van der Waals surface area contributed by atoms with E-state index >= 15 is 0 Å². The van der Waals surface area contributed by atoms with Crippen LogP contribution in [-0.2, 0) is 0 Å². The van der Waals surface area contributed by atoms with E-state index in [1.165, 1.54) is 32.1 Å². The molecule has 2 atom stereocenters. The van der Waals surface area contributed by atoms with Crippen LogP contribution in [-0.4, -0.2) is 6.04 Å². The van der Waals surface area contributed by atoms with Gasteiger partial charge in [-0.25, -0.2) is 0 Å². The molecule has 0 bridgehead atoms. The van der Waals surface area contributed by atoms with E-state index < -0.39 is 0 Å². The summed E-state index contributed by atoms with van der Waals surface area (Å²) in [6.07, 6.45) is 6.64. The summed E-state index contributed by atoms with van der Waals surface area (Å²) in [6, 6.07) is 0.517. The fourth-order valence-corrected chi connectivity index (χ4v) is 1.70. The van der Waals surface area contributed by atoms with E-state index in [1.807, 2.05) is 0 Å². The first-order chi connectivity index (χ1) is 4.33. The Morgan fingerprint density at radius 3 is 2.67 bits per heavy atom. The van der Waals surface area contributed by atoms with Gasteiger partial charge in [-0.3, -0.25) is 0 Å². The summed E-state index contributed by atoms with van der Waals surface area (Å²) in [5, 5.41) is 0. The number of hydrogen-bond acceptors (Lipinski definition) is 1. The second-order valence-corrected chi connectivity index (χ2v) is 3.20. The Morgan fingerprint density at radius 2 is 2.22 bits per heavy atom. The third-order valence-electron chi connectivity index (χ3n) is 2.40. The molecule has 54 valence electrons. The van der Waals surface area contributed by atoms with Crippen molar-refractivity contribution >= 4 is 0 Å². The van der Waals surface area contributed by atoms with Gasteiger partial charge in [-0.15, -0.1) is 0 Å². The first-order valence-electron chi connectivity index (χ1n) is 4.08. The smallest absolute Gasteiger partial charge is 0.00414 e. The molecule has 1 aliphatic carbocycles. The Balaban J connectivity index is 2.23. The lowest BCUT2D eigenvalue weighted by Gasteiger charge is -2.25. The van der Waals surface area contributed by atoms with Crippen LogP contribution >= 0.6 is 0 Å². The largest absolute Gasteiger partial charge is 0.328 e. The summed E-state index contributed by atoms with van der Waals surface area (Å²) in [5.41, 5.74) is 5.80. The first-order valence-corrected chi connectivity index (χ1v) is 4.08. The maximum Gasteiger partial charge on any atom is 0.00414 e. The van der Waals surface area contributed by atoms with E-state index in [0.29, 0.717) is 6.04 Å². The Kier molecular flexibility index (Phi) is 2.52. The lowest BCUT2D eigenvalue weighted by molar-refractivity contribution is 0.315. The van der Waals surface area contributed by atoms with Crippen molar-refractivity contribution in [1.29, 1.82) is 0 Å². The Bertz CT molecular complexity index is 80.6. The van der Waals surface area contributed by atoms with Gasteiger partial charge in [-0.2, -0.15) is 0 Å². The first kappa shape index (κ1) is 7.07. The summed E-state index contributed by atoms with van der Waals surface area (Å²) < 4.78 is 0. The molecule has 0 heterocycles. The predicted octanol–water partition coefficient (Wildman–Crippen LogP) is 1.91. The Labute approximate surface area is 57.6 Å². The minimum atomic E-state index is 0.517. The molecule has 1 nitrogen and oxygen atoms in total. The molecule has 0 radical (unpaired) electrons. The molecule has 0 saturated heterocycles. The molecule has 1 saturated carbocycles. The summed E-state index contributed by atoms with van der Waals surface area (Å²) in [6.45, 7) is 2.27. The molecule has 0 unspecified atom stereocenters. The van der Waals surface area contributed by atoms with Crippen molar-refractivity contribution in [3.8, 4) is 0 Å². The van der Waals surface area contributed by atoms with Crippen molar-refractivity contribution < 1.29 is 0 Å². The monoisotopic (exact) mass is 127 g/mol. The van der Waals surface area contributed by atoms with Gasteiger partial charge in [0, 0.05) is 6.04 Å². The fraction of sp³-hybridized carbons (Fsp3) is 1.00. The van der Waals surface area contributed by atoms with E-state index in [2.05, 4.69) is 6.92 Å². The average Bonchev–Trinajstić information content (AvgIpc) is 1.88. The molecule has 9 heavy (non-hydrogen) atoms. The van der Waals surface area contributed by atoms with E-state index in [4.69, 9.17) is 5.73 Å². The minimum Gasteiger partial charge on any atom is -0.328 e. The van der Waals surface area contributed by atoms with Crippen LogP contribution in [0.5, 0.6) is 0 Å². The highest BCUT2D eigenvalue weighted by Crippen LogP contribution is 2.24. The van der Waals surface area contributed by atoms with Gasteiger partial charge in [0.15, 0.2) is 0 Å². The van der Waals surface area contributed by atoms with E-state index in [0.717, 1.165) is 5.92 Å². The summed E-state index contributed by atoms with van der Waals surface area (Å²) in [5.74, 6) is 0.939. The van der Waals surface area contributed by atoms with Crippen LogP contribution in [0.4, 0.5) is 0 Å². The van der Waals surface area contributed by atoms with Crippen molar-refractivity contribution in [2.24, 2.45) is 11.7 Å². The Morgan fingerprint density at radius 1 is 1.44 bits per heavy atom. The van der Waals surface area contributed by atoms with Gasteiger partial charge in [-0.05, 0) is 18.8 Å². The molecule has 0 spiro atoms. The molecule has 1 aliphatic rings. The Hall–Kier alpha value is -0.0400. The molecule has 1 heteroatoms. The molecule has 0 aromatic rings. The third kappa shape index (κ3) is 1.98. The molecule has 0 amide bonds. The van der Waals surface area contributed by atoms with Gasteiger partial charge in [0.2, 0.25) is 0 Å². The topological polar surface area (TPSA) is 26.0 Å². The second kappa shape index (κ2) is 3.21. The third-order valence-corrected chi connectivity index (χ3v) is 2.40. The van der Waals surface area contributed by atoms with E-state index in [1.54, 1.807) is 0 Å². The van der Waals surface area contributed by atoms with Gasteiger partial charge in [0.25, 0.3) is 0 Å². The molecular formula is C8H17N. The van der Waals surface area contributed by atoms with Crippen molar-refractivity contribution in [1.82, 2.24) is 0 Å². The second-order valence-electron chi connectivity index (χ2n) is 3.20. The molecule has 2 N–H and O–H groups in total. The summed E-state index contributed by atoms with van der Waals surface area (Å²) in [4.78, 5) is 0. The van der Waals surface area contributed by atoms with Crippen molar-refractivity contribution in [3.05, 3.63) is 0 Å². The summed E-state index contributed by atoms with van der Waals surface area (Å²) >= 11 is 0. The van der Waals surface area contributed by atoms with Gasteiger partial charge in [0.05, 0.1) is 0 Å². The highest BCUT2D eigenvalue weighted by molar-refractivity contribution is 4.73. The van der Waals surface area contributed by atoms with Crippen LogP contribution < -0.4 is 5.73 Å². The molecule has 0 aliphatic heterocycles. The lowest BCUT2D eigenvalue weighted by Crippen LogP contribution is -2.27. The molecule has 1 fully saturated rings. The van der Waals surface area contributed by atoms with Crippen molar-refractivity contribution in [3.63, 3.8) is 0 Å². The van der Waals surface area contributed by atoms with Gasteiger partial charge >= 0.3 is 0 Å². The SMILES string of the molecule is CC[C@H]1CCC[C@@H](N)C1. The predicted molar refractivity (Wildman–Crippen MR) is 40.2 cm³/mol. The van der Waals surface area contributed by atoms with Gasteiger partial charge in [0.1, 0.15) is 0 Å². The minimum absolute atomic E-state index is 0.517. The van der Waals surface area contributed by atoms with Crippen LogP contribution in [0.3, 0.4) is 0 Å². The summed E-state index contributed by atoms with van der Waals surface area (Å²) in [7, 11) is 0. The highest BCUT2D eigenvalue weighted by atomic mass is 14.6. The highest BCUT2D eigenvalue weighted by Gasteiger charge is 2.16. The van der Waals surface area contributed by atoms with Crippen LogP contribution in [0.1, 0.15) is 39.0 Å². The zero-order chi connectivity index (χ0) is 6.69. The number of hydrogen-bond donors (Lipinski definition) is 1. The maximum atomic E-state index is 5.80. The van der Waals surface area contributed by atoms with Gasteiger partial charge < -0.3 is 5.73 Å². The maximum absolute atomic E-state index is 5.80. The standard InChI is InChI=1S/C8H17N/c1-2-7-4-3-5-8(9)6-7/h7-8H,2-6,9H2,1H3/t7-,8+/m0/s1. The van der Waals surface area contributed by atoms with Crippen LogP contribution in [0.2, 0.25) is 0 Å². The van der Waals surface area contributed by atoms with E-state index in [-0.39, 0.29) is 0 Å². The normalized spacial score (nSPS) is 36.7. The zero-order valence-corrected chi connectivity index (χ0v) is 6.27. The van der Waals surface area contributed by atoms with E-state index in [9.17, 15) is 0 Å². The zero-order valence-electron chi connectivity index (χ0n) is 6.27.